The lowest BCUT2D eigenvalue weighted by Crippen LogP contribution is -2.23. The predicted molar refractivity (Wildman–Crippen MR) is 85.2 cm³/mol. The molecule has 0 aromatic heterocycles. The van der Waals surface area contributed by atoms with Crippen LogP contribution in [0.15, 0.2) is 54.6 Å². The maximum Gasteiger partial charge on any atom is 0.276 e. The van der Waals surface area contributed by atoms with Crippen molar-refractivity contribution >= 4 is 17.7 Å². The van der Waals surface area contributed by atoms with Gasteiger partial charge in [-0.05, 0) is 36.3 Å². The van der Waals surface area contributed by atoms with Crippen LogP contribution in [0.2, 0.25) is 0 Å². The third-order valence-electron chi connectivity index (χ3n) is 3.17. The van der Waals surface area contributed by atoms with Crippen molar-refractivity contribution in [3.05, 3.63) is 81.7 Å². The first-order chi connectivity index (χ1) is 11.1. The molecule has 2 aromatic rings. The molecule has 5 nitrogen and oxygen atoms in total. The summed E-state index contributed by atoms with van der Waals surface area (Å²) >= 11 is 0. The molecule has 0 radical (unpaired) electrons. The third kappa shape index (κ3) is 5.03. The summed E-state index contributed by atoms with van der Waals surface area (Å²) in [6.07, 6.45) is 3.24. The molecular weight excluding hydrogens is 299 g/mol. The van der Waals surface area contributed by atoms with Crippen LogP contribution in [0.1, 0.15) is 11.1 Å². The van der Waals surface area contributed by atoms with E-state index in [1.165, 1.54) is 30.4 Å². The highest BCUT2D eigenvalue weighted by Gasteiger charge is 2.09. The number of benzene rings is 2. The second kappa shape index (κ2) is 7.84. The molecule has 0 aliphatic rings. The minimum absolute atomic E-state index is 0.0529. The van der Waals surface area contributed by atoms with E-state index < -0.39 is 4.92 Å². The molecular formula is C17H15FN2O3. The molecule has 118 valence electrons. The SMILES string of the molecule is O=C(/C=C/c1ccccc1[N+](=O)[O-])NCCc1ccc(F)cc1. The van der Waals surface area contributed by atoms with E-state index in [4.69, 9.17) is 0 Å². The van der Waals surface area contributed by atoms with Gasteiger partial charge in [0.25, 0.3) is 5.69 Å². The Hall–Kier alpha value is -3.02. The Morgan fingerprint density at radius 1 is 1.17 bits per heavy atom. The lowest BCUT2D eigenvalue weighted by atomic mass is 10.1. The molecule has 0 bridgehead atoms. The summed E-state index contributed by atoms with van der Waals surface area (Å²) in [6, 6.07) is 12.2. The first-order valence-electron chi connectivity index (χ1n) is 7.00. The number of hydrogen-bond donors (Lipinski definition) is 1. The third-order valence-corrected chi connectivity index (χ3v) is 3.17. The maximum absolute atomic E-state index is 12.8. The minimum atomic E-state index is -0.494. The zero-order chi connectivity index (χ0) is 16.7. The average molecular weight is 314 g/mol. The Bertz CT molecular complexity index is 727. The van der Waals surface area contributed by atoms with Crippen LogP contribution < -0.4 is 5.32 Å². The highest BCUT2D eigenvalue weighted by atomic mass is 19.1. The summed E-state index contributed by atoms with van der Waals surface area (Å²) in [5.74, 6) is -0.643. The van der Waals surface area contributed by atoms with Crippen molar-refractivity contribution in [2.75, 3.05) is 6.54 Å². The zero-order valence-electron chi connectivity index (χ0n) is 12.2. The van der Waals surface area contributed by atoms with E-state index in [1.807, 2.05) is 0 Å². The van der Waals surface area contributed by atoms with E-state index in [9.17, 15) is 19.3 Å². The summed E-state index contributed by atoms with van der Waals surface area (Å²) < 4.78 is 12.8. The van der Waals surface area contributed by atoms with Crippen LogP contribution in [-0.4, -0.2) is 17.4 Å². The smallest absolute Gasteiger partial charge is 0.276 e. The summed E-state index contributed by atoms with van der Waals surface area (Å²) in [6.45, 7) is 0.395. The van der Waals surface area contributed by atoms with Crippen LogP contribution in [0.4, 0.5) is 10.1 Å². The van der Waals surface area contributed by atoms with Gasteiger partial charge in [0.05, 0.1) is 10.5 Å². The Morgan fingerprint density at radius 3 is 2.57 bits per heavy atom. The molecule has 6 heteroatoms. The van der Waals surface area contributed by atoms with E-state index >= 15 is 0 Å². The van der Waals surface area contributed by atoms with E-state index in [0.29, 0.717) is 18.5 Å². The van der Waals surface area contributed by atoms with Crippen LogP contribution >= 0.6 is 0 Å². The highest BCUT2D eigenvalue weighted by Crippen LogP contribution is 2.18. The molecule has 1 N–H and O–H groups in total. The number of nitro benzene ring substituents is 1. The standard InChI is InChI=1S/C17H15FN2O3/c18-15-8-5-13(6-9-15)11-12-19-17(21)10-7-14-3-1-2-4-16(14)20(22)23/h1-10H,11-12H2,(H,19,21)/b10-7+. The molecule has 1 amide bonds. The van der Waals surface area contributed by atoms with Crippen molar-refractivity contribution in [1.29, 1.82) is 0 Å². The molecule has 0 fully saturated rings. The summed E-state index contributed by atoms with van der Waals surface area (Å²) in [5, 5.41) is 13.5. The molecule has 0 aliphatic heterocycles. The van der Waals surface area contributed by atoms with Gasteiger partial charge in [-0.2, -0.15) is 0 Å². The monoisotopic (exact) mass is 314 g/mol. The van der Waals surface area contributed by atoms with E-state index in [2.05, 4.69) is 5.32 Å². The van der Waals surface area contributed by atoms with Gasteiger partial charge in [0, 0.05) is 18.7 Å². The quantitative estimate of drug-likeness (QED) is 0.506. The fourth-order valence-electron chi connectivity index (χ4n) is 2.00. The fourth-order valence-corrected chi connectivity index (χ4v) is 2.00. The van der Waals surface area contributed by atoms with Crippen molar-refractivity contribution < 1.29 is 14.1 Å². The van der Waals surface area contributed by atoms with Crippen LogP contribution in [0.3, 0.4) is 0 Å². The Morgan fingerprint density at radius 2 is 1.87 bits per heavy atom. The van der Waals surface area contributed by atoms with Crippen LogP contribution in [0.25, 0.3) is 6.08 Å². The number of carbonyl (C=O) groups excluding carboxylic acids is 1. The van der Waals surface area contributed by atoms with Crippen LogP contribution in [-0.2, 0) is 11.2 Å². The second-order valence-corrected chi connectivity index (χ2v) is 4.82. The van der Waals surface area contributed by atoms with E-state index in [0.717, 1.165) is 5.56 Å². The van der Waals surface area contributed by atoms with Gasteiger partial charge in [0.1, 0.15) is 5.82 Å². The number of para-hydroxylation sites is 1. The van der Waals surface area contributed by atoms with Crippen LogP contribution in [0, 0.1) is 15.9 Å². The van der Waals surface area contributed by atoms with Gasteiger partial charge in [-0.25, -0.2) is 4.39 Å². The molecule has 0 aliphatic carbocycles. The topological polar surface area (TPSA) is 72.2 Å². The number of rotatable bonds is 6. The number of halogens is 1. The number of nitrogens with zero attached hydrogens (tertiary/aromatic N) is 1. The van der Waals surface area contributed by atoms with Gasteiger partial charge in [0.2, 0.25) is 5.91 Å². The molecule has 2 aromatic carbocycles. The van der Waals surface area contributed by atoms with Gasteiger partial charge in [0.15, 0.2) is 0 Å². The molecule has 0 atom stereocenters. The molecule has 0 spiro atoms. The number of carbonyl (C=O) groups is 1. The highest BCUT2D eigenvalue weighted by molar-refractivity contribution is 5.92. The summed E-state index contributed by atoms with van der Waals surface area (Å²) in [7, 11) is 0. The Kier molecular flexibility index (Phi) is 5.57. The van der Waals surface area contributed by atoms with Crippen molar-refractivity contribution in [2.45, 2.75) is 6.42 Å². The molecule has 0 unspecified atom stereocenters. The first kappa shape index (κ1) is 16.4. The van der Waals surface area contributed by atoms with Gasteiger partial charge >= 0.3 is 0 Å². The van der Waals surface area contributed by atoms with Gasteiger partial charge in [-0.15, -0.1) is 0 Å². The molecule has 2 rings (SSSR count). The van der Waals surface area contributed by atoms with E-state index in [-0.39, 0.29) is 17.4 Å². The largest absolute Gasteiger partial charge is 0.352 e. The number of amides is 1. The zero-order valence-corrected chi connectivity index (χ0v) is 12.2. The average Bonchev–Trinajstić information content (AvgIpc) is 2.55. The Labute approximate surface area is 132 Å². The lowest BCUT2D eigenvalue weighted by molar-refractivity contribution is -0.385. The van der Waals surface area contributed by atoms with Gasteiger partial charge in [-0.3, -0.25) is 14.9 Å². The Balaban J connectivity index is 1.87. The molecule has 23 heavy (non-hydrogen) atoms. The molecule has 0 heterocycles. The minimum Gasteiger partial charge on any atom is -0.352 e. The van der Waals surface area contributed by atoms with Crippen molar-refractivity contribution in [3.8, 4) is 0 Å². The van der Waals surface area contributed by atoms with Crippen molar-refractivity contribution in [3.63, 3.8) is 0 Å². The predicted octanol–water partition coefficient (Wildman–Crippen LogP) is 3.11. The lowest BCUT2D eigenvalue weighted by Gasteiger charge is -2.03. The maximum atomic E-state index is 12.8. The second-order valence-electron chi connectivity index (χ2n) is 4.82. The number of nitro groups is 1. The van der Waals surface area contributed by atoms with Crippen molar-refractivity contribution in [1.82, 2.24) is 5.32 Å². The molecule has 0 saturated heterocycles. The normalized spacial score (nSPS) is 10.7. The summed E-state index contributed by atoms with van der Waals surface area (Å²) in [4.78, 5) is 22.1. The van der Waals surface area contributed by atoms with Gasteiger partial charge < -0.3 is 5.32 Å². The fraction of sp³-hybridized carbons (Fsp3) is 0.118. The van der Waals surface area contributed by atoms with Crippen molar-refractivity contribution in [2.24, 2.45) is 0 Å². The number of hydrogen-bond acceptors (Lipinski definition) is 3. The molecule has 0 saturated carbocycles. The van der Waals surface area contributed by atoms with Gasteiger partial charge in [-0.1, -0.05) is 24.3 Å². The van der Waals surface area contributed by atoms with E-state index in [1.54, 1.807) is 30.3 Å². The number of nitrogens with one attached hydrogen (secondary N) is 1. The first-order valence-corrected chi connectivity index (χ1v) is 7.00. The van der Waals surface area contributed by atoms with Crippen LogP contribution in [0.5, 0.6) is 0 Å². The summed E-state index contributed by atoms with van der Waals surface area (Å²) in [5.41, 5.74) is 1.23.